The quantitative estimate of drug-likeness (QED) is 0.0369. The van der Waals surface area contributed by atoms with E-state index in [0.29, 0.717) is 13.0 Å². The maximum absolute atomic E-state index is 12.3. The van der Waals surface area contributed by atoms with Gasteiger partial charge in [-0.2, -0.15) is 8.42 Å². The Bertz CT molecular complexity index is 984. The van der Waals surface area contributed by atoms with Crippen LogP contribution >= 0.6 is 0 Å². The minimum absolute atomic E-state index is 0.0265. The van der Waals surface area contributed by atoms with Gasteiger partial charge in [0.15, 0.2) is 6.29 Å². The van der Waals surface area contributed by atoms with Crippen LogP contribution in [-0.2, 0) is 38.3 Å². The highest BCUT2D eigenvalue weighted by molar-refractivity contribution is 7.80. The summed E-state index contributed by atoms with van der Waals surface area (Å²) in [6.07, 6.45) is 19.0. The topological polar surface area (TPSA) is 178 Å². The Balaban J connectivity index is 2.32. The number of unbranched alkanes of at least 4 members (excludes halogenated alkanes) is 9. The molecule has 13 heteroatoms. The minimum Gasteiger partial charge on any atom is -0.457 e. The highest BCUT2D eigenvalue weighted by Gasteiger charge is 2.48. The number of aliphatic hydroxyl groups excluding tert-OH is 3. The molecule has 0 radical (unpaired) electrons. The van der Waals surface area contributed by atoms with Gasteiger partial charge in [0.1, 0.15) is 30.5 Å². The van der Waals surface area contributed by atoms with Crippen molar-refractivity contribution in [1.29, 1.82) is 0 Å². The number of hydrogen-bond donors (Lipinski definition) is 4. The summed E-state index contributed by atoms with van der Waals surface area (Å²) >= 11 is 0. The molecular weight excluding hydrogens is 632 g/mol. The second-order valence-corrected chi connectivity index (χ2v) is 12.8. The van der Waals surface area contributed by atoms with Crippen molar-refractivity contribution in [1.82, 2.24) is 0 Å². The molecule has 274 valence electrons. The fraction of sp³-hybridized carbons (Fsp3) is 0.794. The van der Waals surface area contributed by atoms with Gasteiger partial charge in [0.25, 0.3) is 0 Å². The largest absolute Gasteiger partial charge is 0.457 e. The first-order valence-electron chi connectivity index (χ1n) is 17.2. The van der Waals surface area contributed by atoms with E-state index < -0.39 is 59.8 Å². The van der Waals surface area contributed by atoms with Crippen molar-refractivity contribution in [3.8, 4) is 0 Å². The molecule has 1 saturated heterocycles. The van der Waals surface area contributed by atoms with E-state index in [0.717, 1.165) is 51.4 Å². The Morgan fingerprint density at radius 2 is 1.45 bits per heavy atom. The van der Waals surface area contributed by atoms with Crippen molar-refractivity contribution in [3.05, 3.63) is 36.5 Å². The molecule has 0 aliphatic carbocycles. The van der Waals surface area contributed by atoms with Crippen LogP contribution in [-0.4, -0.2) is 97.5 Å². The Labute approximate surface area is 282 Å². The number of hydrogen-bond acceptors (Lipinski definition) is 11. The molecule has 1 aliphatic heterocycles. The number of ether oxygens (including phenoxy) is 4. The number of aliphatic hydroxyl groups is 3. The summed E-state index contributed by atoms with van der Waals surface area (Å²) in [6, 6.07) is 0. The predicted octanol–water partition coefficient (Wildman–Crippen LogP) is 5.12. The molecule has 0 spiro atoms. The smallest absolute Gasteiger partial charge is 0.397 e. The first-order chi connectivity index (χ1) is 22.6. The molecule has 12 nitrogen and oxygen atoms in total. The highest BCUT2D eigenvalue weighted by Crippen LogP contribution is 2.26. The third-order valence-corrected chi connectivity index (χ3v) is 7.99. The van der Waals surface area contributed by atoms with Crippen LogP contribution in [0.5, 0.6) is 0 Å². The molecule has 4 N–H and O–H groups in total. The summed E-state index contributed by atoms with van der Waals surface area (Å²) in [5, 5.41) is 30.2. The summed E-state index contributed by atoms with van der Waals surface area (Å²) in [6.45, 7) is 3.55. The zero-order valence-electron chi connectivity index (χ0n) is 28.3. The average Bonchev–Trinajstić information content (AvgIpc) is 3.03. The van der Waals surface area contributed by atoms with Gasteiger partial charge in [-0.25, -0.2) is 4.18 Å². The van der Waals surface area contributed by atoms with E-state index >= 15 is 0 Å². The Kier molecular flexibility index (Phi) is 25.1. The van der Waals surface area contributed by atoms with Crippen LogP contribution in [0.2, 0.25) is 0 Å². The van der Waals surface area contributed by atoms with Crippen LogP contribution in [0, 0.1) is 0 Å². The molecule has 0 aromatic heterocycles. The van der Waals surface area contributed by atoms with Gasteiger partial charge in [0.2, 0.25) is 0 Å². The molecule has 0 aromatic carbocycles. The number of carbonyl (C=O) groups excluding carboxylic acids is 1. The second-order valence-electron chi connectivity index (χ2n) is 11.7. The summed E-state index contributed by atoms with van der Waals surface area (Å²) in [5.74, 6) is -0.440. The molecule has 6 unspecified atom stereocenters. The molecule has 1 aliphatic rings. The predicted molar refractivity (Wildman–Crippen MR) is 179 cm³/mol. The van der Waals surface area contributed by atoms with E-state index in [1.54, 1.807) is 0 Å². The third kappa shape index (κ3) is 21.8. The molecule has 1 rings (SSSR count). The highest BCUT2D eigenvalue weighted by atomic mass is 32.3. The second kappa shape index (κ2) is 27.2. The van der Waals surface area contributed by atoms with Crippen molar-refractivity contribution in [2.45, 2.75) is 147 Å². The molecule has 0 amide bonds. The lowest BCUT2D eigenvalue weighted by atomic mass is 9.99. The van der Waals surface area contributed by atoms with Crippen molar-refractivity contribution in [2.24, 2.45) is 0 Å². The summed E-state index contributed by atoms with van der Waals surface area (Å²) in [7, 11) is -5.04. The first-order valence-corrected chi connectivity index (χ1v) is 18.6. The van der Waals surface area contributed by atoms with Gasteiger partial charge in [-0.3, -0.25) is 9.35 Å². The van der Waals surface area contributed by atoms with Crippen LogP contribution < -0.4 is 0 Å². The molecule has 1 fully saturated rings. The standard InChI is InChI=1S/C34H60O12S/c1-3-5-7-8-9-10-11-12-13-14-15-16-17-18-19-20-21-22-24-42-26-28(44-30(36)23-6-4-2)27-43-34-32(38)33(46-47(39,40)41)31(37)29(25-35)45-34/h5,7,9-10,12-13,28-29,31-35,37-38H,3-4,6,8,11,14-27H2,1-2H3,(H,39,40,41)/b7-5-,10-9-,13-12-. The van der Waals surface area contributed by atoms with Gasteiger partial charge in [0.05, 0.1) is 19.8 Å². The van der Waals surface area contributed by atoms with Crippen molar-refractivity contribution < 1.29 is 56.2 Å². The minimum atomic E-state index is -5.04. The molecule has 0 aromatic rings. The maximum Gasteiger partial charge on any atom is 0.397 e. The van der Waals surface area contributed by atoms with Crippen LogP contribution in [0.25, 0.3) is 0 Å². The molecule has 1 heterocycles. The van der Waals surface area contributed by atoms with E-state index in [1.807, 2.05) is 6.92 Å². The van der Waals surface area contributed by atoms with Crippen LogP contribution in [0.3, 0.4) is 0 Å². The maximum atomic E-state index is 12.3. The fourth-order valence-electron chi connectivity index (χ4n) is 4.90. The van der Waals surface area contributed by atoms with E-state index in [1.165, 1.54) is 32.1 Å². The van der Waals surface area contributed by atoms with E-state index in [2.05, 4.69) is 47.6 Å². The van der Waals surface area contributed by atoms with E-state index in [9.17, 15) is 28.5 Å². The number of rotatable bonds is 28. The Morgan fingerprint density at radius 3 is 2.06 bits per heavy atom. The van der Waals surface area contributed by atoms with Crippen molar-refractivity contribution in [2.75, 3.05) is 26.4 Å². The zero-order chi connectivity index (χ0) is 34.8. The molecular formula is C34H60O12S. The molecule has 47 heavy (non-hydrogen) atoms. The summed E-state index contributed by atoms with van der Waals surface area (Å²) < 4.78 is 58.0. The SMILES string of the molecule is CC/C=C\C/C=C\C/C=C\CCCCCCCCCCOCC(COC1OC(CO)C(O)C(OS(=O)(=O)O)C1O)OC(=O)CCCC. The fourth-order valence-corrected chi connectivity index (χ4v) is 5.41. The van der Waals surface area contributed by atoms with Gasteiger partial charge in [-0.05, 0) is 44.9 Å². The lowest BCUT2D eigenvalue weighted by Gasteiger charge is -2.41. The van der Waals surface area contributed by atoms with Crippen molar-refractivity contribution >= 4 is 16.4 Å². The number of carbonyl (C=O) groups is 1. The van der Waals surface area contributed by atoms with Gasteiger partial charge < -0.3 is 34.3 Å². The summed E-state index contributed by atoms with van der Waals surface area (Å²) in [4.78, 5) is 12.3. The zero-order valence-corrected chi connectivity index (χ0v) is 29.1. The monoisotopic (exact) mass is 692 g/mol. The van der Waals surface area contributed by atoms with Crippen LogP contribution in [0.15, 0.2) is 36.5 Å². The first kappa shape index (κ1) is 43.3. The lowest BCUT2D eigenvalue weighted by molar-refractivity contribution is -0.301. The van der Waals surface area contributed by atoms with Gasteiger partial charge in [0, 0.05) is 13.0 Å². The third-order valence-electron chi connectivity index (χ3n) is 7.53. The van der Waals surface area contributed by atoms with Crippen molar-refractivity contribution in [3.63, 3.8) is 0 Å². The van der Waals surface area contributed by atoms with Gasteiger partial charge in [-0.1, -0.05) is 95.2 Å². The molecule has 0 bridgehead atoms. The number of allylic oxidation sites excluding steroid dienone is 6. The Hall–Kier alpha value is -1.68. The van der Waals surface area contributed by atoms with Crippen LogP contribution in [0.1, 0.15) is 110 Å². The average molecular weight is 693 g/mol. The lowest BCUT2D eigenvalue weighted by Crippen LogP contribution is -2.60. The van der Waals surface area contributed by atoms with Crippen LogP contribution in [0.4, 0.5) is 0 Å². The normalized spacial score (nSPS) is 22.9. The van der Waals surface area contributed by atoms with E-state index in [-0.39, 0.29) is 19.6 Å². The molecule has 6 atom stereocenters. The Morgan fingerprint density at radius 1 is 0.830 bits per heavy atom. The van der Waals surface area contributed by atoms with Gasteiger partial charge in [-0.15, -0.1) is 0 Å². The number of esters is 1. The van der Waals surface area contributed by atoms with E-state index in [4.69, 9.17) is 23.5 Å². The summed E-state index contributed by atoms with van der Waals surface area (Å²) in [5.41, 5.74) is 0. The van der Waals surface area contributed by atoms with Gasteiger partial charge >= 0.3 is 16.4 Å². The molecule has 0 saturated carbocycles.